The molecule has 1 aliphatic carbocycles. The number of benzene rings is 1. The largest absolute Gasteiger partial charge is 0.478 e. The van der Waals surface area contributed by atoms with Gasteiger partial charge in [-0.15, -0.1) is 0 Å². The maximum absolute atomic E-state index is 13.9. The lowest BCUT2D eigenvalue weighted by atomic mass is 9.82. The summed E-state index contributed by atoms with van der Waals surface area (Å²) >= 11 is 0.897. The smallest absolute Gasteiger partial charge is 0.416 e. The van der Waals surface area contributed by atoms with Gasteiger partial charge in [-0.05, 0) is 56.2 Å². The number of rotatable bonds is 12. The van der Waals surface area contributed by atoms with Crippen molar-refractivity contribution in [3.05, 3.63) is 46.8 Å². The Hall–Kier alpha value is -3.10. The first kappa shape index (κ1) is 31.8. The quantitative estimate of drug-likeness (QED) is 0.347. The van der Waals surface area contributed by atoms with Crippen LogP contribution in [-0.4, -0.2) is 76.9 Å². The van der Waals surface area contributed by atoms with Gasteiger partial charge in [0.05, 0.1) is 55.0 Å². The van der Waals surface area contributed by atoms with Crippen LogP contribution in [0.3, 0.4) is 0 Å². The molecule has 1 fully saturated rings. The highest BCUT2D eigenvalue weighted by Gasteiger charge is 2.44. The second-order valence-electron chi connectivity index (χ2n) is 10.6. The predicted molar refractivity (Wildman–Crippen MR) is 149 cm³/mol. The van der Waals surface area contributed by atoms with E-state index in [2.05, 4.69) is 17.1 Å². The molecule has 1 aromatic carbocycles. The van der Waals surface area contributed by atoms with E-state index < -0.39 is 29.0 Å². The molecular formula is C28H35F3N4O6S. The van der Waals surface area contributed by atoms with Crippen LogP contribution >= 0.6 is 11.8 Å². The summed E-state index contributed by atoms with van der Waals surface area (Å²) in [5, 5.41) is 17.2. The van der Waals surface area contributed by atoms with E-state index in [0.29, 0.717) is 18.8 Å². The van der Waals surface area contributed by atoms with Gasteiger partial charge in [0.2, 0.25) is 5.91 Å². The molecule has 1 saturated carbocycles. The lowest BCUT2D eigenvalue weighted by molar-refractivity contribution is -0.124. The number of alkyl halides is 3. The second kappa shape index (κ2) is 13.9. The van der Waals surface area contributed by atoms with Crippen molar-refractivity contribution in [2.45, 2.75) is 63.0 Å². The molecule has 14 heteroatoms. The number of ether oxygens (including phenoxy) is 3. The minimum Gasteiger partial charge on any atom is -0.478 e. The molecule has 10 nitrogen and oxygen atoms in total. The monoisotopic (exact) mass is 612 g/mol. The van der Waals surface area contributed by atoms with Crippen LogP contribution in [-0.2, 0) is 20.8 Å². The summed E-state index contributed by atoms with van der Waals surface area (Å²) < 4.78 is 58.1. The van der Waals surface area contributed by atoms with Crippen molar-refractivity contribution in [2.24, 2.45) is 11.8 Å². The molecule has 1 amide bonds. The van der Waals surface area contributed by atoms with Crippen molar-refractivity contribution in [2.75, 3.05) is 32.3 Å². The van der Waals surface area contributed by atoms with Crippen LogP contribution in [0.5, 0.6) is 5.75 Å². The third kappa shape index (κ3) is 7.64. The number of thioether (sulfide) groups is 1. The van der Waals surface area contributed by atoms with E-state index in [0.717, 1.165) is 30.7 Å². The van der Waals surface area contributed by atoms with Gasteiger partial charge in [-0.1, -0.05) is 18.7 Å². The Morgan fingerprint density at radius 3 is 2.33 bits per heavy atom. The lowest BCUT2D eigenvalue weighted by Crippen LogP contribution is -2.49. The molecule has 1 aromatic heterocycles. The van der Waals surface area contributed by atoms with Crippen molar-refractivity contribution < 1.29 is 42.1 Å². The van der Waals surface area contributed by atoms with Crippen molar-refractivity contribution in [1.82, 2.24) is 15.0 Å². The van der Waals surface area contributed by atoms with Crippen LogP contribution in [0.4, 0.5) is 18.9 Å². The number of aromatic nitrogens is 3. The Bertz CT molecular complexity index is 1260. The molecule has 2 aliphatic rings. The minimum atomic E-state index is -4.64. The van der Waals surface area contributed by atoms with Gasteiger partial charge in [0.25, 0.3) is 0 Å². The maximum atomic E-state index is 13.9. The highest BCUT2D eigenvalue weighted by atomic mass is 32.2. The molecule has 1 unspecified atom stereocenters. The Labute approximate surface area is 246 Å². The summed E-state index contributed by atoms with van der Waals surface area (Å²) in [5.74, 6) is -1.48. The first-order valence-electron chi connectivity index (χ1n) is 13.7. The van der Waals surface area contributed by atoms with E-state index >= 15 is 0 Å². The second-order valence-corrected chi connectivity index (χ2v) is 11.9. The average Bonchev–Trinajstić information content (AvgIpc) is 3.60. The summed E-state index contributed by atoms with van der Waals surface area (Å²) in [6, 6.07) is 3.31. The third-order valence-corrected chi connectivity index (χ3v) is 8.67. The highest BCUT2D eigenvalue weighted by Crippen LogP contribution is 2.46. The van der Waals surface area contributed by atoms with Crippen LogP contribution < -0.4 is 9.64 Å². The number of methoxy groups -OCH3 is 2. The number of carbonyl (C=O) groups excluding carboxylic acids is 1. The van der Waals surface area contributed by atoms with Gasteiger partial charge in [0.15, 0.2) is 5.09 Å². The number of aromatic carboxylic acids is 1. The van der Waals surface area contributed by atoms with Crippen LogP contribution in [0.25, 0.3) is 0 Å². The Morgan fingerprint density at radius 1 is 1.12 bits per heavy atom. The van der Waals surface area contributed by atoms with Gasteiger partial charge >= 0.3 is 12.1 Å². The van der Waals surface area contributed by atoms with Gasteiger partial charge in [-0.2, -0.15) is 28.2 Å². The molecule has 2 aromatic rings. The molecular weight excluding hydrogens is 577 g/mol. The van der Waals surface area contributed by atoms with E-state index in [1.165, 1.54) is 48.4 Å². The predicted octanol–water partition coefficient (Wildman–Crippen LogP) is 5.16. The number of carbonyl (C=O) groups is 2. The molecule has 1 atom stereocenters. The van der Waals surface area contributed by atoms with Crippen molar-refractivity contribution in [3.8, 4) is 5.75 Å². The fourth-order valence-corrected chi connectivity index (χ4v) is 6.61. The number of halogens is 3. The van der Waals surface area contributed by atoms with Crippen LogP contribution in [0.15, 0.2) is 41.3 Å². The molecule has 0 bridgehead atoms. The Morgan fingerprint density at radius 2 is 1.76 bits per heavy atom. The zero-order valence-electron chi connectivity index (χ0n) is 23.7. The van der Waals surface area contributed by atoms with Crippen molar-refractivity contribution in [3.63, 3.8) is 0 Å². The molecule has 1 N–H and O–H groups in total. The summed E-state index contributed by atoms with van der Waals surface area (Å²) in [6.07, 6.45) is 1.04. The van der Waals surface area contributed by atoms with E-state index in [1.54, 1.807) is 0 Å². The van der Waals surface area contributed by atoms with Gasteiger partial charge < -0.3 is 24.2 Å². The van der Waals surface area contributed by atoms with Gasteiger partial charge in [0, 0.05) is 25.4 Å². The maximum Gasteiger partial charge on any atom is 0.416 e. The Balaban J connectivity index is 1.66. The summed E-state index contributed by atoms with van der Waals surface area (Å²) in [5.41, 5.74) is -1.02. The van der Waals surface area contributed by atoms with Crippen LogP contribution in [0, 0.1) is 11.8 Å². The van der Waals surface area contributed by atoms with Gasteiger partial charge in [-0.25, -0.2) is 4.79 Å². The van der Waals surface area contributed by atoms with Crippen molar-refractivity contribution >= 4 is 29.3 Å². The number of allylic oxidation sites excluding steroid dienone is 1. The van der Waals surface area contributed by atoms with Crippen molar-refractivity contribution in [1.29, 1.82) is 0 Å². The fourth-order valence-electron chi connectivity index (χ4n) is 5.36. The van der Waals surface area contributed by atoms with Crippen LogP contribution in [0.1, 0.15) is 49.4 Å². The molecule has 42 heavy (non-hydrogen) atoms. The first-order chi connectivity index (χ1) is 20.0. The number of carboxylic acids is 1. The van der Waals surface area contributed by atoms with E-state index in [9.17, 15) is 27.9 Å². The number of amides is 1. The van der Waals surface area contributed by atoms with Gasteiger partial charge in [-0.3, -0.25) is 4.79 Å². The first-order valence-corrected chi connectivity index (χ1v) is 14.6. The fraction of sp³-hybridized carbons (Fsp3) is 0.571. The molecule has 230 valence electrons. The zero-order valence-corrected chi connectivity index (χ0v) is 24.5. The standard InChI is InChI=1S/C28H35F3N4O6S/c1-17-4-6-18(7-5-17)25(36)35(19(15-39-2)16-40-3)24-9-8-20(12-22(24)26(37)38)41-27-23(28(29,30)31)13-21(42-27)14-34-32-10-11-33-34/h8-12,17-19,21H,4-7,13-16H2,1-3H3,(H,37,38). The zero-order chi connectivity index (χ0) is 30.4. The topological polar surface area (TPSA) is 116 Å². The summed E-state index contributed by atoms with van der Waals surface area (Å²) in [6.45, 7) is 2.45. The molecule has 1 aliphatic heterocycles. The molecule has 0 saturated heterocycles. The summed E-state index contributed by atoms with van der Waals surface area (Å²) in [4.78, 5) is 29.1. The normalized spacial score (nSPS) is 21.2. The number of nitrogens with zero attached hydrogens (tertiary/aromatic N) is 4. The number of anilines is 1. The van der Waals surface area contributed by atoms with E-state index in [4.69, 9.17) is 14.2 Å². The van der Waals surface area contributed by atoms with E-state index in [1.807, 2.05) is 0 Å². The van der Waals surface area contributed by atoms with E-state index in [-0.39, 0.29) is 60.1 Å². The highest BCUT2D eigenvalue weighted by molar-refractivity contribution is 8.03. The summed E-state index contributed by atoms with van der Waals surface area (Å²) in [7, 11) is 2.95. The molecule has 0 radical (unpaired) electrons. The Kier molecular flexibility index (Phi) is 10.5. The molecule has 0 spiro atoms. The minimum absolute atomic E-state index is 0.0883. The number of hydrogen-bond acceptors (Lipinski definition) is 8. The SMILES string of the molecule is COCC(COC)N(C(=O)C1CCC(C)CC1)c1ccc(OC2=C(C(F)(F)F)CC(Cn3nccn3)S2)cc1C(=O)O. The van der Waals surface area contributed by atoms with Gasteiger partial charge in [0.1, 0.15) is 5.75 Å². The van der Waals surface area contributed by atoms with Crippen LogP contribution in [0.2, 0.25) is 0 Å². The lowest BCUT2D eigenvalue weighted by Gasteiger charge is -2.36. The third-order valence-electron chi connectivity index (χ3n) is 7.48. The number of carboxylic acid groups (broad SMARTS) is 1. The average molecular weight is 613 g/mol. The molecule has 2 heterocycles. The number of hydrogen-bond donors (Lipinski definition) is 1. The molecule has 4 rings (SSSR count).